The number of benzene rings is 1. The second-order valence-electron chi connectivity index (χ2n) is 4.51. The van der Waals surface area contributed by atoms with Crippen LogP contribution >= 0.6 is 0 Å². The minimum Gasteiger partial charge on any atom is -0.336 e. The lowest BCUT2D eigenvalue weighted by molar-refractivity contribution is 0.0592. The Labute approximate surface area is 98.3 Å². The monoisotopic (exact) mass is 219 g/mol. The van der Waals surface area contributed by atoms with E-state index in [0.29, 0.717) is 0 Å². The molecule has 16 heavy (non-hydrogen) atoms. The Morgan fingerprint density at radius 3 is 2.38 bits per heavy atom. The minimum absolute atomic E-state index is 0.0641. The van der Waals surface area contributed by atoms with E-state index in [2.05, 4.69) is 13.8 Å². The Bertz CT molecular complexity index is 382. The minimum atomic E-state index is -0.0641. The first-order chi connectivity index (χ1) is 7.52. The smallest absolute Gasteiger partial charge is 0.254 e. The molecule has 0 N–H and O–H groups in total. The van der Waals surface area contributed by atoms with Gasteiger partial charge in [0, 0.05) is 18.2 Å². The zero-order chi connectivity index (χ0) is 12.3. The second-order valence-corrected chi connectivity index (χ2v) is 4.51. The van der Waals surface area contributed by atoms with Crippen LogP contribution in [0.25, 0.3) is 0 Å². The highest BCUT2D eigenvalue weighted by atomic mass is 16.2. The summed E-state index contributed by atoms with van der Waals surface area (Å²) in [5.74, 6) is 0.136. The van der Waals surface area contributed by atoms with E-state index in [0.717, 1.165) is 12.0 Å². The number of fused-ring (bicyclic) bond motifs is 1. The number of amides is 1. The first-order valence-corrected chi connectivity index (χ1v) is 5.88. The van der Waals surface area contributed by atoms with Crippen LogP contribution in [0.1, 0.15) is 43.6 Å². The lowest BCUT2D eigenvalue weighted by Crippen LogP contribution is -2.50. The molecule has 2 nitrogen and oxygen atoms in total. The van der Waals surface area contributed by atoms with Gasteiger partial charge in [-0.2, -0.15) is 0 Å². The highest BCUT2D eigenvalue weighted by Gasteiger charge is 2.34. The molecule has 0 atom stereocenters. The maximum Gasteiger partial charge on any atom is 0.254 e. The summed E-state index contributed by atoms with van der Waals surface area (Å²) in [6, 6.07) is 7.86. The first-order valence-electron chi connectivity index (χ1n) is 5.88. The van der Waals surface area contributed by atoms with Crippen LogP contribution in [0.5, 0.6) is 0 Å². The van der Waals surface area contributed by atoms with Gasteiger partial charge in [-0.25, -0.2) is 0 Å². The van der Waals surface area contributed by atoms with E-state index in [1.54, 1.807) is 0 Å². The van der Waals surface area contributed by atoms with Gasteiger partial charge in [0.05, 0.1) is 0 Å². The van der Waals surface area contributed by atoms with Gasteiger partial charge in [0.15, 0.2) is 0 Å². The average Bonchev–Trinajstić information content (AvgIpc) is 2.29. The van der Waals surface area contributed by atoms with Gasteiger partial charge in [-0.05, 0) is 31.9 Å². The van der Waals surface area contributed by atoms with Crippen molar-refractivity contribution in [3.8, 4) is 0 Å². The van der Waals surface area contributed by atoms with Gasteiger partial charge in [-0.1, -0.05) is 32.0 Å². The predicted octanol–water partition coefficient (Wildman–Crippen LogP) is 3.12. The SMILES string of the molecule is CC.CN1C(=O)c2ccccc2CC1(C)C. The molecule has 1 aromatic carbocycles. The van der Waals surface area contributed by atoms with Gasteiger partial charge in [0.1, 0.15) is 0 Å². The molecule has 88 valence electrons. The average molecular weight is 219 g/mol. The normalized spacial score (nSPS) is 17.3. The number of likely N-dealkylation sites (N-methyl/N-ethyl adjacent to an activating group) is 1. The molecule has 0 saturated heterocycles. The van der Waals surface area contributed by atoms with Crippen molar-refractivity contribution in [1.82, 2.24) is 4.90 Å². The number of carbonyl (C=O) groups excluding carboxylic acids is 1. The first kappa shape index (κ1) is 12.8. The molecule has 2 rings (SSSR count). The number of hydrogen-bond acceptors (Lipinski definition) is 1. The van der Waals surface area contributed by atoms with Crippen molar-refractivity contribution in [2.45, 2.75) is 39.7 Å². The third-order valence-corrected chi connectivity index (χ3v) is 3.08. The van der Waals surface area contributed by atoms with E-state index in [1.165, 1.54) is 5.56 Å². The van der Waals surface area contributed by atoms with Crippen LogP contribution in [0.15, 0.2) is 24.3 Å². The van der Waals surface area contributed by atoms with Crippen molar-refractivity contribution in [2.24, 2.45) is 0 Å². The summed E-state index contributed by atoms with van der Waals surface area (Å²) < 4.78 is 0. The summed E-state index contributed by atoms with van der Waals surface area (Å²) >= 11 is 0. The van der Waals surface area contributed by atoms with E-state index in [-0.39, 0.29) is 11.4 Å². The van der Waals surface area contributed by atoms with E-state index in [4.69, 9.17) is 0 Å². The number of nitrogens with zero attached hydrogens (tertiary/aromatic N) is 1. The fourth-order valence-electron chi connectivity index (χ4n) is 1.92. The van der Waals surface area contributed by atoms with Crippen LogP contribution < -0.4 is 0 Å². The van der Waals surface area contributed by atoms with Crippen LogP contribution in [0.3, 0.4) is 0 Å². The van der Waals surface area contributed by atoms with Crippen molar-refractivity contribution >= 4 is 5.91 Å². The van der Waals surface area contributed by atoms with Gasteiger partial charge < -0.3 is 4.90 Å². The van der Waals surface area contributed by atoms with Crippen molar-refractivity contribution in [1.29, 1.82) is 0 Å². The number of hydrogen-bond donors (Lipinski definition) is 0. The molecule has 0 aromatic heterocycles. The highest BCUT2D eigenvalue weighted by Crippen LogP contribution is 2.28. The standard InChI is InChI=1S/C12H15NO.C2H6/c1-12(2)8-9-6-4-5-7-10(9)11(14)13(12)3;1-2/h4-7H,8H2,1-3H3;1-2H3. The Kier molecular flexibility index (Phi) is 3.74. The Balaban J connectivity index is 0.000000606. The molecule has 0 radical (unpaired) electrons. The Morgan fingerprint density at radius 1 is 1.19 bits per heavy atom. The predicted molar refractivity (Wildman–Crippen MR) is 67.7 cm³/mol. The van der Waals surface area contributed by atoms with Gasteiger partial charge in [-0.3, -0.25) is 4.79 Å². The van der Waals surface area contributed by atoms with Gasteiger partial charge in [-0.15, -0.1) is 0 Å². The van der Waals surface area contributed by atoms with Crippen molar-refractivity contribution < 1.29 is 4.79 Å². The maximum atomic E-state index is 12.0. The number of rotatable bonds is 0. The van der Waals surface area contributed by atoms with E-state index in [1.807, 2.05) is 50.1 Å². The zero-order valence-corrected chi connectivity index (χ0v) is 10.9. The molecule has 0 saturated carbocycles. The molecule has 0 spiro atoms. The summed E-state index contributed by atoms with van der Waals surface area (Å²) in [4.78, 5) is 13.8. The van der Waals surface area contributed by atoms with E-state index in [9.17, 15) is 4.79 Å². The highest BCUT2D eigenvalue weighted by molar-refractivity contribution is 5.97. The molecule has 0 fully saturated rings. The lowest BCUT2D eigenvalue weighted by atomic mass is 9.86. The molecule has 0 unspecified atom stereocenters. The fourth-order valence-corrected chi connectivity index (χ4v) is 1.92. The summed E-state index contributed by atoms with van der Waals surface area (Å²) in [5.41, 5.74) is 1.96. The summed E-state index contributed by atoms with van der Waals surface area (Å²) in [7, 11) is 1.87. The van der Waals surface area contributed by atoms with Crippen molar-refractivity contribution in [2.75, 3.05) is 7.05 Å². The molecule has 1 aliphatic rings. The zero-order valence-electron chi connectivity index (χ0n) is 10.9. The Morgan fingerprint density at radius 2 is 1.75 bits per heavy atom. The van der Waals surface area contributed by atoms with Crippen LogP contribution in [-0.2, 0) is 6.42 Å². The van der Waals surface area contributed by atoms with Crippen molar-refractivity contribution in [3.05, 3.63) is 35.4 Å². The van der Waals surface area contributed by atoms with Crippen LogP contribution in [0, 0.1) is 0 Å². The second kappa shape index (κ2) is 4.69. The molecule has 1 amide bonds. The van der Waals surface area contributed by atoms with Crippen LogP contribution in [0.2, 0.25) is 0 Å². The molecule has 2 heteroatoms. The quantitative estimate of drug-likeness (QED) is 0.656. The van der Waals surface area contributed by atoms with Gasteiger partial charge in [0.2, 0.25) is 0 Å². The maximum absolute atomic E-state index is 12.0. The largest absolute Gasteiger partial charge is 0.336 e. The molecule has 0 bridgehead atoms. The van der Waals surface area contributed by atoms with Gasteiger partial charge in [0.25, 0.3) is 5.91 Å². The fraction of sp³-hybridized carbons (Fsp3) is 0.500. The lowest BCUT2D eigenvalue weighted by Gasteiger charge is -2.40. The van der Waals surface area contributed by atoms with Gasteiger partial charge >= 0.3 is 0 Å². The van der Waals surface area contributed by atoms with E-state index >= 15 is 0 Å². The van der Waals surface area contributed by atoms with Crippen molar-refractivity contribution in [3.63, 3.8) is 0 Å². The molecular weight excluding hydrogens is 198 g/mol. The van der Waals surface area contributed by atoms with E-state index < -0.39 is 0 Å². The molecule has 0 aliphatic carbocycles. The van der Waals surface area contributed by atoms with Crippen LogP contribution in [-0.4, -0.2) is 23.4 Å². The molecular formula is C14H21NO. The topological polar surface area (TPSA) is 20.3 Å². The third-order valence-electron chi connectivity index (χ3n) is 3.08. The number of carbonyl (C=O) groups is 1. The third kappa shape index (κ3) is 2.11. The molecule has 1 aromatic rings. The molecule has 1 aliphatic heterocycles. The summed E-state index contributed by atoms with van der Waals surface area (Å²) in [6.45, 7) is 8.20. The Hall–Kier alpha value is -1.31. The summed E-state index contributed by atoms with van der Waals surface area (Å²) in [5, 5.41) is 0. The van der Waals surface area contributed by atoms with Crippen LogP contribution in [0.4, 0.5) is 0 Å². The summed E-state index contributed by atoms with van der Waals surface area (Å²) in [6.07, 6.45) is 0.936. The molecule has 1 heterocycles.